The normalized spacial score (nSPS) is 12.0. The topological polar surface area (TPSA) is 78.9 Å². The van der Waals surface area contributed by atoms with E-state index in [-0.39, 0.29) is 31.1 Å². The Morgan fingerprint density at radius 3 is 0.757 bits per heavy atom. The van der Waals surface area contributed by atoms with Gasteiger partial charge in [0, 0.05) is 19.3 Å². The maximum atomic E-state index is 12.8. The number of hydrogen-bond acceptors (Lipinski definition) is 6. The number of unbranched alkanes of at least 4 members (excludes halogenated alkanes) is 46. The first-order valence-electron chi connectivity index (χ1n) is 31.7. The predicted molar refractivity (Wildman–Crippen MR) is 303 cm³/mol. The lowest BCUT2D eigenvalue weighted by Gasteiger charge is -2.18. The molecule has 0 aliphatic heterocycles. The Morgan fingerprint density at radius 1 is 0.271 bits per heavy atom. The lowest BCUT2D eigenvalue weighted by Crippen LogP contribution is -2.30. The van der Waals surface area contributed by atoms with Gasteiger partial charge in [-0.3, -0.25) is 14.4 Å². The standard InChI is InChI=1S/C64H122O6/c1-4-7-10-13-16-19-22-24-26-27-28-29-30-31-32-33-34-35-36-37-38-40-42-45-48-51-54-57-63(66)69-60-61(59-68-62(65)56-53-50-47-44-41-21-18-15-12-9-6-3)70-64(67)58-55-52-49-46-43-39-25-23-20-17-14-11-8-5-2/h15,18,61H,4-14,16-17,19-60H2,1-3H3/b18-15-. The summed E-state index contributed by atoms with van der Waals surface area (Å²) in [7, 11) is 0. The van der Waals surface area contributed by atoms with Crippen molar-refractivity contribution in [2.24, 2.45) is 0 Å². The second kappa shape index (κ2) is 59.7. The third-order valence-electron chi connectivity index (χ3n) is 14.5. The minimum Gasteiger partial charge on any atom is -0.462 e. The Morgan fingerprint density at radius 2 is 0.486 bits per heavy atom. The van der Waals surface area contributed by atoms with E-state index in [9.17, 15) is 14.4 Å². The maximum Gasteiger partial charge on any atom is 0.306 e. The number of carbonyl (C=O) groups excluding carboxylic acids is 3. The summed E-state index contributed by atoms with van der Waals surface area (Å²) in [6.07, 6.45) is 69.5. The number of hydrogen-bond donors (Lipinski definition) is 0. The molecule has 0 N–H and O–H groups in total. The minimum atomic E-state index is -0.767. The summed E-state index contributed by atoms with van der Waals surface area (Å²) in [5.74, 6) is -0.851. The molecule has 1 unspecified atom stereocenters. The van der Waals surface area contributed by atoms with E-state index in [1.165, 1.54) is 257 Å². The number of esters is 3. The Labute approximate surface area is 437 Å². The molecular weight excluding hydrogens is 865 g/mol. The molecule has 6 heteroatoms. The lowest BCUT2D eigenvalue weighted by molar-refractivity contribution is -0.167. The van der Waals surface area contributed by atoms with Gasteiger partial charge in [-0.05, 0) is 38.5 Å². The number of carbonyl (C=O) groups is 3. The van der Waals surface area contributed by atoms with Crippen LogP contribution in [0, 0.1) is 0 Å². The Kier molecular flexibility index (Phi) is 58.1. The number of allylic oxidation sites excluding steroid dienone is 2. The molecular formula is C64H122O6. The van der Waals surface area contributed by atoms with Crippen LogP contribution in [0.25, 0.3) is 0 Å². The Bertz CT molecular complexity index is 1090. The zero-order valence-electron chi connectivity index (χ0n) is 47.6. The summed E-state index contributed by atoms with van der Waals surface area (Å²) in [6, 6.07) is 0. The van der Waals surface area contributed by atoms with Gasteiger partial charge in [-0.1, -0.05) is 315 Å². The van der Waals surface area contributed by atoms with Crippen molar-refractivity contribution in [3.8, 4) is 0 Å². The van der Waals surface area contributed by atoms with Crippen molar-refractivity contribution >= 4 is 17.9 Å². The van der Waals surface area contributed by atoms with Crippen molar-refractivity contribution in [1.29, 1.82) is 0 Å². The highest BCUT2D eigenvalue weighted by molar-refractivity contribution is 5.71. The van der Waals surface area contributed by atoms with Crippen LogP contribution >= 0.6 is 0 Å². The zero-order chi connectivity index (χ0) is 50.7. The first kappa shape index (κ1) is 68.2. The van der Waals surface area contributed by atoms with Gasteiger partial charge >= 0.3 is 17.9 Å². The van der Waals surface area contributed by atoms with Gasteiger partial charge in [0.1, 0.15) is 13.2 Å². The molecule has 0 amide bonds. The molecule has 0 spiro atoms. The average Bonchev–Trinajstić information content (AvgIpc) is 3.36. The smallest absolute Gasteiger partial charge is 0.306 e. The molecule has 6 nitrogen and oxygen atoms in total. The monoisotopic (exact) mass is 987 g/mol. The molecule has 0 radical (unpaired) electrons. The number of rotatable bonds is 59. The van der Waals surface area contributed by atoms with Crippen LogP contribution in [0.4, 0.5) is 0 Å². The van der Waals surface area contributed by atoms with E-state index in [1.807, 2.05) is 0 Å². The van der Waals surface area contributed by atoms with Gasteiger partial charge in [0.05, 0.1) is 0 Å². The molecule has 0 heterocycles. The van der Waals surface area contributed by atoms with Gasteiger partial charge in [-0.2, -0.15) is 0 Å². The van der Waals surface area contributed by atoms with Gasteiger partial charge < -0.3 is 14.2 Å². The molecule has 70 heavy (non-hydrogen) atoms. The van der Waals surface area contributed by atoms with Crippen molar-refractivity contribution in [3.63, 3.8) is 0 Å². The van der Waals surface area contributed by atoms with Crippen LogP contribution in [-0.2, 0) is 28.6 Å². The summed E-state index contributed by atoms with van der Waals surface area (Å²) in [4.78, 5) is 38.1. The average molecular weight is 988 g/mol. The van der Waals surface area contributed by atoms with E-state index in [2.05, 4.69) is 32.9 Å². The fourth-order valence-corrected chi connectivity index (χ4v) is 9.72. The third kappa shape index (κ3) is 57.1. The van der Waals surface area contributed by atoms with Gasteiger partial charge in [0.2, 0.25) is 0 Å². The van der Waals surface area contributed by atoms with Crippen LogP contribution in [-0.4, -0.2) is 37.2 Å². The van der Waals surface area contributed by atoms with E-state index >= 15 is 0 Å². The molecule has 1 atom stereocenters. The molecule has 0 bridgehead atoms. The predicted octanol–water partition coefficient (Wildman–Crippen LogP) is 21.3. The van der Waals surface area contributed by atoms with Crippen LogP contribution in [0.3, 0.4) is 0 Å². The molecule has 0 aromatic rings. The highest BCUT2D eigenvalue weighted by Crippen LogP contribution is 2.18. The minimum absolute atomic E-state index is 0.0665. The van der Waals surface area contributed by atoms with E-state index in [0.29, 0.717) is 19.3 Å². The van der Waals surface area contributed by atoms with E-state index in [1.54, 1.807) is 0 Å². The summed E-state index contributed by atoms with van der Waals surface area (Å²) >= 11 is 0. The highest BCUT2D eigenvalue weighted by Gasteiger charge is 2.19. The van der Waals surface area contributed by atoms with Crippen molar-refractivity contribution in [1.82, 2.24) is 0 Å². The lowest BCUT2D eigenvalue weighted by atomic mass is 10.0. The molecule has 0 fully saturated rings. The summed E-state index contributed by atoms with van der Waals surface area (Å²) in [6.45, 7) is 6.66. The van der Waals surface area contributed by atoms with Crippen molar-refractivity contribution < 1.29 is 28.6 Å². The van der Waals surface area contributed by atoms with Crippen molar-refractivity contribution in [3.05, 3.63) is 12.2 Å². The molecule has 0 aliphatic rings. The van der Waals surface area contributed by atoms with E-state index in [0.717, 1.165) is 64.2 Å². The Balaban J connectivity index is 4.11. The highest BCUT2D eigenvalue weighted by atomic mass is 16.6. The second-order valence-corrected chi connectivity index (χ2v) is 21.7. The maximum absolute atomic E-state index is 12.8. The fourth-order valence-electron chi connectivity index (χ4n) is 9.72. The van der Waals surface area contributed by atoms with Gasteiger partial charge in [0.15, 0.2) is 6.10 Å². The third-order valence-corrected chi connectivity index (χ3v) is 14.5. The first-order chi connectivity index (χ1) is 34.5. The first-order valence-corrected chi connectivity index (χ1v) is 31.7. The van der Waals surface area contributed by atoms with Crippen LogP contribution in [0.1, 0.15) is 361 Å². The van der Waals surface area contributed by atoms with Crippen molar-refractivity contribution in [2.45, 2.75) is 367 Å². The van der Waals surface area contributed by atoms with Crippen LogP contribution in [0.5, 0.6) is 0 Å². The molecule has 0 rings (SSSR count). The SMILES string of the molecule is CCCC/C=C\CCCCCCCC(=O)OCC(COC(=O)CCCCCCCCCCCCCCCCCCCCCCCCCCCCC)OC(=O)CCCCCCCCCCCCCCCC. The van der Waals surface area contributed by atoms with Gasteiger partial charge in [-0.25, -0.2) is 0 Å². The summed E-state index contributed by atoms with van der Waals surface area (Å²) in [5, 5.41) is 0. The van der Waals surface area contributed by atoms with Crippen LogP contribution < -0.4 is 0 Å². The zero-order valence-corrected chi connectivity index (χ0v) is 47.6. The van der Waals surface area contributed by atoms with E-state index in [4.69, 9.17) is 14.2 Å². The molecule has 0 saturated heterocycles. The quantitative estimate of drug-likeness (QED) is 0.0261. The van der Waals surface area contributed by atoms with Crippen molar-refractivity contribution in [2.75, 3.05) is 13.2 Å². The summed E-state index contributed by atoms with van der Waals surface area (Å²) < 4.78 is 16.9. The number of ether oxygens (including phenoxy) is 3. The second-order valence-electron chi connectivity index (χ2n) is 21.7. The molecule has 0 aromatic carbocycles. The van der Waals surface area contributed by atoms with Gasteiger partial charge in [0.25, 0.3) is 0 Å². The molecule has 0 saturated carbocycles. The summed E-state index contributed by atoms with van der Waals surface area (Å²) in [5.41, 5.74) is 0. The molecule has 0 aliphatic carbocycles. The van der Waals surface area contributed by atoms with Gasteiger partial charge in [-0.15, -0.1) is 0 Å². The fraction of sp³-hybridized carbons (Fsp3) is 0.922. The molecule has 414 valence electrons. The van der Waals surface area contributed by atoms with E-state index < -0.39 is 6.10 Å². The van der Waals surface area contributed by atoms with Crippen LogP contribution in [0.15, 0.2) is 12.2 Å². The largest absolute Gasteiger partial charge is 0.462 e. The van der Waals surface area contributed by atoms with Crippen LogP contribution in [0.2, 0.25) is 0 Å². The molecule has 0 aromatic heterocycles. The Hall–Kier alpha value is -1.85.